The van der Waals surface area contributed by atoms with Crippen molar-refractivity contribution >= 4 is 21.5 Å². The highest BCUT2D eigenvalue weighted by Gasteiger charge is 2.14. The van der Waals surface area contributed by atoms with Gasteiger partial charge < -0.3 is 0 Å². The highest BCUT2D eigenvalue weighted by Crippen LogP contribution is 2.38. The number of pyridine rings is 3. The monoisotopic (exact) mass is 418 g/mol. The average molecular weight is 419 g/mol. The summed E-state index contributed by atoms with van der Waals surface area (Å²) < 4.78 is 75.8. The summed E-state index contributed by atoms with van der Waals surface area (Å²) in [4.78, 5) is 12.6. The van der Waals surface area contributed by atoms with Crippen LogP contribution >= 0.6 is 0 Å². The van der Waals surface area contributed by atoms with E-state index >= 15 is 0 Å². The van der Waals surface area contributed by atoms with Gasteiger partial charge in [-0.2, -0.15) is 0 Å². The van der Waals surface area contributed by atoms with E-state index in [4.69, 9.17) is 9.60 Å². The van der Waals surface area contributed by atoms with Crippen LogP contribution in [0.1, 0.15) is 12.3 Å². The van der Waals surface area contributed by atoms with Crippen molar-refractivity contribution < 1.29 is 12.3 Å². The molecule has 0 unspecified atom stereocenters. The zero-order chi connectivity index (χ0) is 29.2. The number of fused-ring (bicyclic) bond motifs is 2. The Morgan fingerprint density at radius 2 is 1.25 bits per heavy atom. The molecule has 0 amide bonds. The third kappa shape index (κ3) is 3.21. The van der Waals surface area contributed by atoms with Crippen molar-refractivity contribution in [3.8, 4) is 33.9 Å². The van der Waals surface area contributed by atoms with Crippen LogP contribution in [-0.2, 0) is 0 Å². The molecule has 3 heterocycles. The van der Waals surface area contributed by atoms with Crippen molar-refractivity contribution in [2.45, 2.75) is 0 Å². The van der Waals surface area contributed by atoms with Crippen LogP contribution in [0, 0.1) is 0 Å². The number of benzene rings is 3. The lowest BCUT2D eigenvalue weighted by Gasteiger charge is -2.14. The molecule has 0 aliphatic heterocycles. The largest absolute Gasteiger partial charge is 0.255 e. The molecule has 0 fully saturated rings. The molecule has 0 saturated heterocycles. The molecular weight excluding hydrogens is 390 g/mol. The van der Waals surface area contributed by atoms with Crippen molar-refractivity contribution in [1.82, 2.24) is 15.0 Å². The molecule has 3 heteroatoms. The van der Waals surface area contributed by atoms with Gasteiger partial charge in [-0.25, -0.2) is 4.98 Å². The van der Waals surface area contributed by atoms with Gasteiger partial charge in [-0.1, -0.05) is 60.6 Å². The van der Waals surface area contributed by atoms with Crippen LogP contribution in [0.3, 0.4) is 0 Å². The lowest BCUT2D eigenvalue weighted by Crippen LogP contribution is -1.95. The van der Waals surface area contributed by atoms with E-state index in [0.29, 0.717) is 5.56 Å². The first-order valence-electron chi connectivity index (χ1n) is 14.4. The molecule has 3 nitrogen and oxygen atoms in total. The fourth-order valence-electron chi connectivity index (χ4n) is 3.79. The fourth-order valence-corrected chi connectivity index (χ4v) is 3.79. The first kappa shape index (κ1) is 11.3. The second kappa shape index (κ2) is 7.71. The van der Waals surface area contributed by atoms with Crippen molar-refractivity contribution in [2.75, 3.05) is 0 Å². The van der Waals surface area contributed by atoms with Gasteiger partial charge in [0.15, 0.2) is 0 Å². The maximum Gasteiger partial charge on any atom is 0.0900 e. The van der Waals surface area contributed by atoms with Crippen LogP contribution < -0.4 is 0 Å². The van der Waals surface area contributed by atoms with Crippen LogP contribution in [0.4, 0.5) is 0 Å². The summed E-state index contributed by atoms with van der Waals surface area (Å²) >= 11 is 0. The number of hydrogen-bond donors (Lipinski definition) is 0. The van der Waals surface area contributed by atoms with E-state index < -0.39 is 36.4 Å². The van der Waals surface area contributed by atoms with Gasteiger partial charge in [0.05, 0.1) is 35.1 Å². The quantitative estimate of drug-likeness (QED) is 0.286. The molecule has 6 rings (SSSR count). The average Bonchev–Trinajstić information content (AvgIpc) is 2.97. The van der Waals surface area contributed by atoms with Crippen molar-refractivity contribution in [2.24, 2.45) is 0 Å². The fraction of sp³-hybridized carbons (Fsp3) is 0. The van der Waals surface area contributed by atoms with Gasteiger partial charge in [-0.3, -0.25) is 9.97 Å². The zero-order valence-corrected chi connectivity index (χ0v) is 16.6. The summed E-state index contributed by atoms with van der Waals surface area (Å²) in [6.07, 6.45) is 0.521. The maximum atomic E-state index is 9.28. The molecule has 3 aromatic carbocycles. The van der Waals surface area contributed by atoms with Gasteiger partial charge in [0, 0.05) is 12.4 Å². The Morgan fingerprint density at radius 3 is 1.97 bits per heavy atom. The number of nitrogens with zero attached hydrogens (tertiary/aromatic N) is 3. The normalized spacial score (nSPS) is 15.1. The van der Waals surface area contributed by atoms with E-state index in [2.05, 4.69) is 15.0 Å². The van der Waals surface area contributed by atoms with Crippen molar-refractivity contribution in [3.05, 3.63) is 115 Å². The van der Waals surface area contributed by atoms with E-state index in [-0.39, 0.29) is 46.5 Å². The highest BCUT2D eigenvalue weighted by molar-refractivity contribution is 6.13. The van der Waals surface area contributed by atoms with Crippen LogP contribution in [0.25, 0.3) is 55.4 Å². The Labute approximate surface area is 198 Å². The molecule has 0 radical (unpaired) electrons. The molecule has 0 aliphatic carbocycles. The van der Waals surface area contributed by atoms with E-state index in [0.717, 1.165) is 27.7 Å². The van der Waals surface area contributed by atoms with Crippen LogP contribution in [0.5, 0.6) is 0 Å². The molecule has 0 N–H and O–H groups in total. The third-order valence-corrected chi connectivity index (χ3v) is 5.16. The Hall–Kier alpha value is -4.37. The lowest BCUT2D eigenvalue weighted by molar-refractivity contribution is 1.22. The van der Waals surface area contributed by atoms with Crippen molar-refractivity contribution in [3.63, 3.8) is 0 Å². The second-order valence-corrected chi connectivity index (χ2v) is 7.08. The summed E-state index contributed by atoms with van der Waals surface area (Å²) in [5.74, 6) is 0. The minimum Gasteiger partial charge on any atom is -0.255 e. The predicted octanol–water partition coefficient (Wildman–Crippen LogP) is 7.18. The molecule has 0 saturated carbocycles. The number of aromatic nitrogens is 3. The Balaban J connectivity index is 1.84. The Morgan fingerprint density at radius 1 is 0.625 bits per heavy atom. The minimum absolute atomic E-state index is 0.106. The summed E-state index contributed by atoms with van der Waals surface area (Å²) in [5.41, 5.74) is -0.204. The van der Waals surface area contributed by atoms with Gasteiger partial charge in [-0.15, -0.1) is 0 Å². The molecule has 0 aliphatic rings. The van der Waals surface area contributed by atoms with Crippen LogP contribution in [-0.4, -0.2) is 15.0 Å². The smallest absolute Gasteiger partial charge is 0.0900 e. The van der Waals surface area contributed by atoms with E-state index in [1.165, 1.54) is 0 Å². The maximum absolute atomic E-state index is 9.28. The summed E-state index contributed by atoms with van der Waals surface area (Å²) in [6.45, 7) is 0. The van der Waals surface area contributed by atoms with E-state index in [1.807, 2.05) is 54.6 Å². The highest BCUT2D eigenvalue weighted by atomic mass is 14.8. The Bertz CT molecular complexity index is 2010. The van der Waals surface area contributed by atoms with E-state index in [1.54, 1.807) is 0 Å². The SMILES string of the molecule is [2H]c1cnc(-c2nc(-c3nc([2H])c([2H])c([2H])c3[2H])c([2H])c(-c3c4ccccc4cc4ccccc34)c2[2H])c([2H])c1[2H]. The summed E-state index contributed by atoms with van der Waals surface area (Å²) in [6, 6.07) is 13.8. The molecule has 0 atom stereocenters. The number of rotatable bonds is 3. The molecule has 0 spiro atoms. The minimum atomic E-state index is -0.567. The van der Waals surface area contributed by atoms with Gasteiger partial charge >= 0.3 is 0 Å². The zero-order valence-electron chi connectivity index (χ0n) is 25.6. The standard InChI is InChI=1S/C29H19N3/c1-3-11-23-20(9-1)17-21-10-2-4-12-24(21)29(23)22-18-27(25-13-5-7-15-30-25)32-28(19-22)26-14-6-8-16-31-26/h1-19H/i5D,6D,7D,8D,13D,14D,15D,18D,19D. The van der Waals surface area contributed by atoms with Crippen LogP contribution in [0.15, 0.2) is 115 Å². The van der Waals surface area contributed by atoms with Gasteiger partial charge in [-0.05, 0) is 75.0 Å². The predicted molar refractivity (Wildman–Crippen MR) is 131 cm³/mol. The first-order chi connectivity index (χ1) is 19.6. The number of hydrogen-bond acceptors (Lipinski definition) is 3. The third-order valence-electron chi connectivity index (χ3n) is 5.16. The summed E-state index contributed by atoms with van der Waals surface area (Å²) in [5, 5.41) is 3.18. The molecule has 0 bridgehead atoms. The molecular formula is C29H19N3. The van der Waals surface area contributed by atoms with E-state index in [9.17, 15) is 2.74 Å². The Kier molecular flexibility index (Phi) is 2.72. The molecule has 150 valence electrons. The summed E-state index contributed by atoms with van der Waals surface area (Å²) in [7, 11) is 0. The molecule has 3 aromatic heterocycles. The van der Waals surface area contributed by atoms with Gasteiger partial charge in [0.1, 0.15) is 0 Å². The first-order valence-corrected chi connectivity index (χ1v) is 9.90. The second-order valence-electron chi connectivity index (χ2n) is 7.08. The van der Waals surface area contributed by atoms with Gasteiger partial charge in [0.2, 0.25) is 0 Å². The molecule has 6 aromatic rings. The van der Waals surface area contributed by atoms with Gasteiger partial charge in [0.25, 0.3) is 0 Å². The van der Waals surface area contributed by atoms with Crippen molar-refractivity contribution in [1.29, 1.82) is 0 Å². The lowest BCUT2D eigenvalue weighted by atomic mass is 9.91. The molecule has 32 heavy (non-hydrogen) atoms. The van der Waals surface area contributed by atoms with Crippen LogP contribution in [0.2, 0.25) is 0 Å². The topological polar surface area (TPSA) is 38.7 Å².